The van der Waals surface area contributed by atoms with Crippen LogP contribution in [0, 0.1) is 0 Å². The van der Waals surface area contributed by atoms with Gasteiger partial charge in [-0.15, -0.1) is 0 Å². The maximum atomic E-state index is 11.2. The lowest BCUT2D eigenvalue weighted by atomic mass is 10.2. The van der Waals surface area contributed by atoms with Crippen LogP contribution in [0.15, 0.2) is 0 Å². The lowest BCUT2D eigenvalue weighted by Crippen LogP contribution is -2.06. The Labute approximate surface area is 105 Å². The number of methoxy groups -OCH3 is 1. The highest BCUT2D eigenvalue weighted by atomic mass is 16.5. The Morgan fingerprint density at radius 1 is 0.941 bits per heavy atom. The second-order valence-electron chi connectivity index (χ2n) is 3.99. The van der Waals surface area contributed by atoms with Gasteiger partial charge in [-0.2, -0.15) is 0 Å². The van der Waals surface area contributed by atoms with Gasteiger partial charge in [0.1, 0.15) is 0 Å². The second-order valence-corrected chi connectivity index (χ2v) is 3.99. The average molecular weight is 246 g/mol. The van der Waals surface area contributed by atoms with E-state index in [9.17, 15) is 4.79 Å². The van der Waals surface area contributed by atoms with E-state index < -0.39 is 0 Å². The molecule has 0 aromatic heterocycles. The zero-order valence-corrected chi connectivity index (χ0v) is 11.2. The zero-order chi connectivity index (χ0) is 12.8. The second kappa shape index (κ2) is 13.5. The van der Waals surface area contributed by atoms with Crippen molar-refractivity contribution in [3.63, 3.8) is 0 Å². The topological polar surface area (TPSA) is 44.8 Å². The largest absolute Gasteiger partial charge is 0.466 e. The Bertz CT molecular complexity index is 171. The summed E-state index contributed by atoms with van der Waals surface area (Å²) in [5, 5.41) is 0. The van der Waals surface area contributed by atoms with Gasteiger partial charge in [0.2, 0.25) is 0 Å². The van der Waals surface area contributed by atoms with Gasteiger partial charge >= 0.3 is 5.97 Å². The highest BCUT2D eigenvalue weighted by Crippen LogP contribution is 2.02. The van der Waals surface area contributed by atoms with Crippen molar-refractivity contribution >= 4 is 5.97 Å². The van der Waals surface area contributed by atoms with Gasteiger partial charge in [-0.1, -0.05) is 19.8 Å². The van der Waals surface area contributed by atoms with Gasteiger partial charge in [-0.05, 0) is 19.3 Å². The minimum absolute atomic E-state index is 0.0706. The van der Waals surface area contributed by atoms with Gasteiger partial charge in [-0.3, -0.25) is 4.79 Å². The summed E-state index contributed by atoms with van der Waals surface area (Å²) in [7, 11) is 1.66. The van der Waals surface area contributed by atoms with Gasteiger partial charge in [0.05, 0.1) is 19.8 Å². The Balaban J connectivity index is 3.08. The molecule has 4 heteroatoms. The molecule has 0 aromatic carbocycles. The molecule has 0 spiro atoms. The molecule has 0 saturated carbocycles. The summed E-state index contributed by atoms with van der Waals surface area (Å²) in [4.78, 5) is 11.2. The number of carbonyl (C=O) groups excluding carboxylic acids is 1. The van der Waals surface area contributed by atoms with Gasteiger partial charge in [0, 0.05) is 20.1 Å². The van der Waals surface area contributed by atoms with E-state index in [-0.39, 0.29) is 5.97 Å². The van der Waals surface area contributed by atoms with Crippen LogP contribution in [0.5, 0.6) is 0 Å². The Morgan fingerprint density at radius 3 is 2.47 bits per heavy atom. The van der Waals surface area contributed by atoms with Crippen LogP contribution >= 0.6 is 0 Å². The highest BCUT2D eigenvalue weighted by Gasteiger charge is 2.01. The number of esters is 1. The molecule has 0 aliphatic heterocycles. The Hall–Kier alpha value is -0.610. The van der Waals surface area contributed by atoms with Crippen LogP contribution in [0.25, 0.3) is 0 Å². The van der Waals surface area contributed by atoms with Crippen molar-refractivity contribution in [1.82, 2.24) is 0 Å². The third kappa shape index (κ3) is 13.3. The maximum absolute atomic E-state index is 11.2. The standard InChI is InChI=1S/C13H26O4/c1-3-4-10-17-13(14)8-6-5-7-9-16-12-11-15-2/h3-12H2,1-2H3. The number of hydrogen-bond acceptors (Lipinski definition) is 4. The molecule has 0 unspecified atom stereocenters. The molecule has 0 fully saturated rings. The average Bonchev–Trinajstić information content (AvgIpc) is 2.33. The van der Waals surface area contributed by atoms with E-state index in [4.69, 9.17) is 14.2 Å². The highest BCUT2D eigenvalue weighted by molar-refractivity contribution is 5.69. The smallest absolute Gasteiger partial charge is 0.305 e. The molecule has 0 heterocycles. The number of carbonyl (C=O) groups is 1. The molecular weight excluding hydrogens is 220 g/mol. The molecule has 0 rings (SSSR count). The van der Waals surface area contributed by atoms with E-state index in [0.29, 0.717) is 26.2 Å². The van der Waals surface area contributed by atoms with Gasteiger partial charge < -0.3 is 14.2 Å². The Kier molecular flexibility index (Phi) is 13.0. The predicted molar refractivity (Wildman–Crippen MR) is 67.0 cm³/mol. The normalized spacial score (nSPS) is 10.5. The van der Waals surface area contributed by atoms with Crippen LogP contribution in [0.2, 0.25) is 0 Å². The summed E-state index contributed by atoms with van der Waals surface area (Å²) in [5.41, 5.74) is 0. The summed E-state index contributed by atoms with van der Waals surface area (Å²) in [6.07, 6.45) is 5.44. The number of hydrogen-bond donors (Lipinski definition) is 0. The minimum Gasteiger partial charge on any atom is -0.466 e. The third-order valence-electron chi connectivity index (χ3n) is 2.36. The molecule has 0 amide bonds. The van der Waals surface area contributed by atoms with E-state index in [1.165, 1.54) is 0 Å². The number of unbranched alkanes of at least 4 members (excludes halogenated alkanes) is 3. The molecular formula is C13H26O4. The fourth-order valence-corrected chi connectivity index (χ4v) is 1.30. The predicted octanol–water partition coefficient (Wildman–Crippen LogP) is 2.55. The lowest BCUT2D eigenvalue weighted by Gasteiger charge is -2.04. The van der Waals surface area contributed by atoms with Crippen LogP contribution in [0.4, 0.5) is 0 Å². The van der Waals surface area contributed by atoms with E-state index in [1.54, 1.807) is 7.11 Å². The van der Waals surface area contributed by atoms with Gasteiger partial charge in [0.25, 0.3) is 0 Å². The fourth-order valence-electron chi connectivity index (χ4n) is 1.30. The van der Waals surface area contributed by atoms with Crippen molar-refractivity contribution in [2.75, 3.05) is 33.5 Å². The van der Waals surface area contributed by atoms with Crippen LogP contribution in [0.1, 0.15) is 45.4 Å². The fraction of sp³-hybridized carbons (Fsp3) is 0.923. The van der Waals surface area contributed by atoms with Crippen LogP contribution in [0.3, 0.4) is 0 Å². The van der Waals surface area contributed by atoms with Crippen LogP contribution in [-0.4, -0.2) is 39.5 Å². The summed E-state index contributed by atoms with van der Waals surface area (Å²) in [6, 6.07) is 0. The van der Waals surface area contributed by atoms with Crippen LogP contribution in [-0.2, 0) is 19.0 Å². The first-order valence-electron chi connectivity index (χ1n) is 6.53. The first-order chi connectivity index (χ1) is 8.31. The monoisotopic (exact) mass is 246 g/mol. The molecule has 17 heavy (non-hydrogen) atoms. The van der Waals surface area contributed by atoms with Crippen molar-refractivity contribution in [3.05, 3.63) is 0 Å². The summed E-state index contributed by atoms with van der Waals surface area (Å²) in [5.74, 6) is -0.0706. The minimum atomic E-state index is -0.0706. The first kappa shape index (κ1) is 16.4. The van der Waals surface area contributed by atoms with E-state index >= 15 is 0 Å². The number of rotatable bonds is 12. The van der Waals surface area contributed by atoms with Gasteiger partial charge in [0.15, 0.2) is 0 Å². The Morgan fingerprint density at radius 2 is 1.76 bits per heavy atom. The maximum Gasteiger partial charge on any atom is 0.305 e. The molecule has 0 aliphatic carbocycles. The van der Waals surface area contributed by atoms with E-state index in [1.807, 2.05) is 0 Å². The summed E-state index contributed by atoms with van der Waals surface area (Å²) >= 11 is 0. The summed E-state index contributed by atoms with van der Waals surface area (Å²) < 4.78 is 15.2. The molecule has 0 aliphatic rings. The zero-order valence-electron chi connectivity index (χ0n) is 11.2. The molecule has 0 N–H and O–H groups in total. The van der Waals surface area contributed by atoms with Crippen LogP contribution < -0.4 is 0 Å². The third-order valence-corrected chi connectivity index (χ3v) is 2.36. The molecule has 4 nitrogen and oxygen atoms in total. The number of ether oxygens (including phenoxy) is 3. The van der Waals surface area contributed by atoms with Crippen molar-refractivity contribution in [1.29, 1.82) is 0 Å². The molecule has 0 atom stereocenters. The molecule has 0 bridgehead atoms. The van der Waals surface area contributed by atoms with E-state index in [2.05, 4.69) is 6.92 Å². The van der Waals surface area contributed by atoms with Crippen molar-refractivity contribution < 1.29 is 19.0 Å². The molecule has 0 radical (unpaired) electrons. The quantitative estimate of drug-likeness (QED) is 0.392. The summed E-state index contributed by atoms with van der Waals surface area (Å²) in [6.45, 7) is 4.68. The van der Waals surface area contributed by atoms with Crippen molar-refractivity contribution in [2.45, 2.75) is 45.4 Å². The molecule has 0 aromatic rings. The first-order valence-corrected chi connectivity index (χ1v) is 6.53. The van der Waals surface area contributed by atoms with Gasteiger partial charge in [-0.25, -0.2) is 0 Å². The molecule has 0 saturated heterocycles. The van der Waals surface area contributed by atoms with Crippen molar-refractivity contribution in [3.8, 4) is 0 Å². The van der Waals surface area contributed by atoms with E-state index in [0.717, 1.165) is 38.7 Å². The lowest BCUT2D eigenvalue weighted by molar-refractivity contribution is -0.143. The molecule has 102 valence electrons. The SMILES string of the molecule is CCCCOC(=O)CCCCCOCCOC. The van der Waals surface area contributed by atoms with Crippen molar-refractivity contribution in [2.24, 2.45) is 0 Å².